The number of aromatic nitrogens is 3. The minimum Gasteiger partial charge on any atom is -0.329 e. The molecule has 0 radical (unpaired) electrons. The van der Waals surface area contributed by atoms with Gasteiger partial charge in [-0.15, -0.1) is 0 Å². The van der Waals surface area contributed by atoms with Gasteiger partial charge in [0.05, 0.1) is 5.92 Å². The summed E-state index contributed by atoms with van der Waals surface area (Å²) >= 11 is 0. The molecule has 4 nitrogen and oxygen atoms in total. The van der Waals surface area contributed by atoms with Crippen LogP contribution in [0.5, 0.6) is 0 Å². The highest BCUT2D eigenvalue weighted by molar-refractivity contribution is 5.27. The van der Waals surface area contributed by atoms with Crippen LogP contribution in [0.4, 0.5) is 4.39 Å². The van der Waals surface area contributed by atoms with Gasteiger partial charge in [0.15, 0.2) is 0 Å². The molecule has 0 saturated carbocycles. The van der Waals surface area contributed by atoms with E-state index < -0.39 is 0 Å². The van der Waals surface area contributed by atoms with E-state index in [1.54, 1.807) is 29.9 Å². The van der Waals surface area contributed by atoms with Crippen LogP contribution in [0.1, 0.15) is 17.3 Å². The second kappa shape index (κ2) is 4.40. The maximum atomic E-state index is 13.6. The van der Waals surface area contributed by atoms with E-state index in [2.05, 4.69) is 10.1 Å². The first-order valence-corrected chi connectivity index (χ1v) is 5.02. The lowest BCUT2D eigenvalue weighted by Crippen LogP contribution is -2.19. The number of aryl methyl sites for hydroxylation is 1. The number of nitrogens with zero attached hydrogens (tertiary/aromatic N) is 3. The van der Waals surface area contributed by atoms with Gasteiger partial charge in [-0.25, -0.2) is 9.37 Å². The quantitative estimate of drug-likeness (QED) is 0.841. The summed E-state index contributed by atoms with van der Waals surface area (Å²) in [4.78, 5) is 4.11. The van der Waals surface area contributed by atoms with Gasteiger partial charge < -0.3 is 5.73 Å². The van der Waals surface area contributed by atoms with E-state index in [0.29, 0.717) is 17.9 Å². The molecule has 1 aromatic carbocycles. The van der Waals surface area contributed by atoms with E-state index in [9.17, 15) is 4.39 Å². The standard InChI is InChI=1S/C11H13FN4/c1-16-11(14-7-15-16)9(6-13)8-4-2-3-5-10(8)12/h2-5,7,9H,6,13H2,1H3. The third-order valence-corrected chi connectivity index (χ3v) is 2.57. The number of rotatable bonds is 3. The summed E-state index contributed by atoms with van der Waals surface area (Å²) in [6.45, 7) is 0.299. The summed E-state index contributed by atoms with van der Waals surface area (Å²) in [6, 6.07) is 6.59. The van der Waals surface area contributed by atoms with Gasteiger partial charge in [-0.2, -0.15) is 5.10 Å². The van der Waals surface area contributed by atoms with Gasteiger partial charge in [-0.05, 0) is 11.6 Å². The van der Waals surface area contributed by atoms with E-state index in [1.807, 2.05) is 0 Å². The van der Waals surface area contributed by atoms with E-state index >= 15 is 0 Å². The Balaban J connectivity index is 2.45. The van der Waals surface area contributed by atoms with Gasteiger partial charge >= 0.3 is 0 Å². The first kappa shape index (κ1) is 10.8. The van der Waals surface area contributed by atoms with Crippen molar-refractivity contribution < 1.29 is 4.39 Å². The molecule has 0 saturated heterocycles. The molecule has 1 heterocycles. The molecule has 0 aliphatic heterocycles. The lowest BCUT2D eigenvalue weighted by molar-refractivity contribution is 0.577. The van der Waals surface area contributed by atoms with Crippen LogP contribution in [0.3, 0.4) is 0 Å². The zero-order valence-corrected chi connectivity index (χ0v) is 8.97. The smallest absolute Gasteiger partial charge is 0.138 e. The molecule has 1 unspecified atom stereocenters. The molecule has 84 valence electrons. The maximum Gasteiger partial charge on any atom is 0.138 e. The zero-order valence-electron chi connectivity index (χ0n) is 8.97. The molecular formula is C11H13FN4. The SMILES string of the molecule is Cn1ncnc1C(CN)c1ccccc1F. The number of halogens is 1. The summed E-state index contributed by atoms with van der Waals surface area (Å²) in [7, 11) is 1.77. The van der Waals surface area contributed by atoms with Gasteiger partial charge in [-0.3, -0.25) is 4.68 Å². The molecule has 5 heteroatoms. The van der Waals surface area contributed by atoms with E-state index in [0.717, 1.165) is 0 Å². The average molecular weight is 220 g/mol. The highest BCUT2D eigenvalue weighted by atomic mass is 19.1. The van der Waals surface area contributed by atoms with E-state index in [4.69, 9.17) is 5.73 Å². The van der Waals surface area contributed by atoms with Gasteiger partial charge in [0.2, 0.25) is 0 Å². The highest BCUT2D eigenvalue weighted by Crippen LogP contribution is 2.23. The number of hydrogen-bond donors (Lipinski definition) is 1. The molecule has 0 aliphatic rings. The Hall–Kier alpha value is -1.75. The van der Waals surface area contributed by atoms with E-state index in [-0.39, 0.29) is 11.7 Å². The number of nitrogens with two attached hydrogens (primary N) is 1. The summed E-state index contributed by atoms with van der Waals surface area (Å²) in [5.41, 5.74) is 6.24. The van der Waals surface area contributed by atoms with Crippen LogP contribution in [-0.4, -0.2) is 21.3 Å². The van der Waals surface area contributed by atoms with Crippen LogP contribution in [0.15, 0.2) is 30.6 Å². The van der Waals surface area contributed by atoms with Crippen LogP contribution in [-0.2, 0) is 7.05 Å². The molecule has 1 atom stereocenters. The fourth-order valence-electron chi connectivity index (χ4n) is 1.75. The van der Waals surface area contributed by atoms with Gasteiger partial charge in [-0.1, -0.05) is 18.2 Å². The molecule has 2 rings (SSSR count). The normalized spacial score (nSPS) is 12.7. The Bertz CT molecular complexity index is 480. The van der Waals surface area contributed by atoms with Crippen molar-refractivity contribution >= 4 is 0 Å². The number of benzene rings is 1. The molecular weight excluding hydrogens is 207 g/mol. The van der Waals surface area contributed by atoms with Gasteiger partial charge in [0.1, 0.15) is 18.0 Å². The van der Waals surface area contributed by atoms with Crippen molar-refractivity contribution in [1.29, 1.82) is 0 Å². The predicted octanol–water partition coefficient (Wildman–Crippen LogP) is 1.04. The lowest BCUT2D eigenvalue weighted by atomic mass is 9.98. The zero-order chi connectivity index (χ0) is 11.5. The van der Waals surface area contributed by atoms with Crippen LogP contribution in [0, 0.1) is 5.82 Å². The fraction of sp³-hybridized carbons (Fsp3) is 0.273. The third-order valence-electron chi connectivity index (χ3n) is 2.57. The summed E-state index contributed by atoms with van der Waals surface area (Å²) in [6.07, 6.45) is 1.44. The van der Waals surface area contributed by atoms with Crippen molar-refractivity contribution in [3.05, 3.63) is 47.8 Å². The van der Waals surface area contributed by atoms with Crippen LogP contribution < -0.4 is 5.73 Å². The Kier molecular flexibility index (Phi) is 2.96. The summed E-state index contributed by atoms with van der Waals surface area (Å²) in [5, 5.41) is 3.97. The van der Waals surface area contributed by atoms with Crippen molar-refractivity contribution in [2.45, 2.75) is 5.92 Å². The van der Waals surface area contributed by atoms with Crippen LogP contribution in [0.25, 0.3) is 0 Å². The monoisotopic (exact) mass is 220 g/mol. The molecule has 0 bridgehead atoms. The summed E-state index contributed by atoms with van der Waals surface area (Å²) in [5.74, 6) is 0.155. The largest absolute Gasteiger partial charge is 0.329 e. The average Bonchev–Trinajstić information content (AvgIpc) is 2.69. The highest BCUT2D eigenvalue weighted by Gasteiger charge is 2.20. The molecule has 0 spiro atoms. The second-order valence-corrected chi connectivity index (χ2v) is 3.55. The molecule has 2 N–H and O–H groups in total. The second-order valence-electron chi connectivity index (χ2n) is 3.55. The topological polar surface area (TPSA) is 56.7 Å². The molecule has 2 aromatic rings. The van der Waals surface area contributed by atoms with Crippen LogP contribution >= 0.6 is 0 Å². The lowest BCUT2D eigenvalue weighted by Gasteiger charge is -2.14. The van der Waals surface area contributed by atoms with E-state index in [1.165, 1.54) is 12.4 Å². The Labute approximate surface area is 92.9 Å². The minimum absolute atomic E-state index is 0.256. The Morgan fingerprint density at radius 3 is 2.75 bits per heavy atom. The van der Waals surface area contributed by atoms with Crippen molar-refractivity contribution in [2.24, 2.45) is 12.8 Å². The third kappa shape index (κ3) is 1.81. The maximum absolute atomic E-state index is 13.6. The Morgan fingerprint density at radius 2 is 2.19 bits per heavy atom. The minimum atomic E-state index is -0.263. The molecule has 0 aliphatic carbocycles. The first-order chi connectivity index (χ1) is 7.74. The van der Waals surface area contributed by atoms with Crippen molar-refractivity contribution in [1.82, 2.24) is 14.8 Å². The van der Waals surface area contributed by atoms with Crippen LogP contribution in [0.2, 0.25) is 0 Å². The summed E-state index contributed by atoms with van der Waals surface area (Å²) < 4.78 is 15.3. The van der Waals surface area contributed by atoms with Crippen molar-refractivity contribution in [2.75, 3.05) is 6.54 Å². The van der Waals surface area contributed by atoms with Gasteiger partial charge in [0, 0.05) is 13.6 Å². The van der Waals surface area contributed by atoms with Gasteiger partial charge in [0.25, 0.3) is 0 Å². The van der Waals surface area contributed by atoms with Crippen molar-refractivity contribution in [3.8, 4) is 0 Å². The molecule has 0 fully saturated rings. The predicted molar refractivity (Wildman–Crippen MR) is 58.3 cm³/mol. The molecule has 16 heavy (non-hydrogen) atoms. The number of hydrogen-bond acceptors (Lipinski definition) is 3. The fourth-order valence-corrected chi connectivity index (χ4v) is 1.75. The molecule has 1 aromatic heterocycles. The first-order valence-electron chi connectivity index (χ1n) is 5.02. The molecule has 0 amide bonds. The Morgan fingerprint density at radius 1 is 1.44 bits per heavy atom. The van der Waals surface area contributed by atoms with Crippen molar-refractivity contribution in [3.63, 3.8) is 0 Å².